The summed E-state index contributed by atoms with van der Waals surface area (Å²) in [5, 5.41) is 0. The maximum atomic E-state index is 11.7. The molecule has 0 saturated heterocycles. The second kappa shape index (κ2) is 4.49. The van der Waals surface area contributed by atoms with Crippen LogP contribution in [0.3, 0.4) is 0 Å². The lowest BCUT2D eigenvalue weighted by Crippen LogP contribution is -2.26. The number of rotatable bonds is 2. The molecule has 3 nitrogen and oxygen atoms in total. The van der Waals surface area contributed by atoms with E-state index in [1.807, 2.05) is 26.8 Å². The largest absolute Gasteiger partial charge is 0.456 e. The molecule has 15 heavy (non-hydrogen) atoms. The Balaban J connectivity index is 2.82. The minimum absolute atomic E-state index is 0.328. The van der Waals surface area contributed by atoms with Gasteiger partial charge in [0, 0.05) is 0 Å². The van der Waals surface area contributed by atoms with Gasteiger partial charge in [0.1, 0.15) is 5.60 Å². The zero-order valence-electron chi connectivity index (χ0n) is 9.28. The highest BCUT2D eigenvalue weighted by atomic mass is 16.6. The molecule has 1 aromatic carbocycles. The molecule has 79 valence electrons. The van der Waals surface area contributed by atoms with Crippen LogP contribution in [0.2, 0.25) is 0 Å². The van der Waals surface area contributed by atoms with Crippen molar-refractivity contribution in [3.05, 3.63) is 29.8 Å². The number of hydrogen-bond donors (Lipinski definition) is 1. The van der Waals surface area contributed by atoms with Gasteiger partial charge in [0.2, 0.25) is 7.41 Å². The zero-order chi connectivity index (χ0) is 11.5. The van der Waals surface area contributed by atoms with E-state index in [1.165, 1.54) is 7.41 Å². The Kier molecular flexibility index (Phi) is 3.53. The van der Waals surface area contributed by atoms with Crippen molar-refractivity contribution in [3.8, 4) is 0 Å². The van der Waals surface area contributed by atoms with Crippen LogP contribution in [0, 0.1) is 0 Å². The standard InChI is InChI=1S/C11H15BNO2/c1-11(2,3)15-10(14)8-5-4-6-9(7-8)12-13/h4-7H,13H2,1-3H3. The van der Waals surface area contributed by atoms with Crippen molar-refractivity contribution < 1.29 is 9.53 Å². The summed E-state index contributed by atoms with van der Waals surface area (Å²) >= 11 is 0. The predicted octanol–water partition coefficient (Wildman–Crippen LogP) is 0.845. The van der Waals surface area contributed by atoms with Crippen LogP contribution in [0.15, 0.2) is 24.3 Å². The molecule has 0 saturated carbocycles. The first kappa shape index (κ1) is 11.8. The number of benzene rings is 1. The second-order valence-corrected chi connectivity index (χ2v) is 4.29. The Morgan fingerprint density at radius 1 is 1.40 bits per heavy atom. The van der Waals surface area contributed by atoms with Crippen molar-refractivity contribution in [1.82, 2.24) is 0 Å². The van der Waals surface area contributed by atoms with Gasteiger partial charge in [0.05, 0.1) is 5.56 Å². The van der Waals surface area contributed by atoms with Gasteiger partial charge in [-0.25, -0.2) is 4.79 Å². The van der Waals surface area contributed by atoms with Gasteiger partial charge in [-0.3, -0.25) is 0 Å². The third-order valence-electron chi connectivity index (χ3n) is 1.71. The van der Waals surface area contributed by atoms with E-state index in [0.29, 0.717) is 5.56 Å². The third kappa shape index (κ3) is 3.76. The van der Waals surface area contributed by atoms with Crippen molar-refractivity contribution in [1.29, 1.82) is 0 Å². The van der Waals surface area contributed by atoms with E-state index in [9.17, 15) is 4.79 Å². The number of hydrogen-bond acceptors (Lipinski definition) is 3. The molecule has 0 aliphatic carbocycles. The Morgan fingerprint density at radius 3 is 2.60 bits per heavy atom. The summed E-state index contributed by atoms with van der Waals surface area (Å²) in [6.45, 7) is 5.51. The molecule has 0 fully saturated rings. The van der Waals surface area contributed by atoms with Crippen LogP contribution < -0.4 is 11.1 Å². The fraction of sp³-hybridized carbons (Fsp3) is 0.364. The first-order valence-corrected chi connectivity index (χ1v) is 4.81. The van der Waals surface area contributed by atoms with E-state index in [1.54, 1.807) is 18.2 Å². The lowest BCUT2D eigenvalue weighted by atomic mass is 9.84. The fourth-order valence-corrected chi connectivity index (χ4v) is 1.11. The minimum atomic E-state index is -0.473. The molecule has 0 heterocycles. The van der Waals surface area contributed by atoms with Gasteiger partial charge in [0.15, 0.2) is 0 Å². The maximum absolute atomic E-state index is 11.7. The molecular weight excluding hydrogens is 189 g/mol. The van der Waals surface area contributed by atoms with Crippen molar-refractivity contribution in [2.45, 2.75) is 26.4 Å². The number of ether oxygens (including phenoxy) is 1. The van der Waals surface area contributed by atoms with Crippen molar-refractivity contribution in [3.63, 3.8) is 0 Å². The second-order valence-electron chi connectivity index (χ2n) is 4.29. The molecule has 0 spiro atoms. The van der Waals surface area contributed by atoms with Crippen molar-refractivity contribution in [2.75, 3.05) is 0 Å². The third-order valence-corrected chi connectivity index (χ3v) is 1.71. The van der Waals surface area contributed by atoms with Gasteiger partial charge < -0.3 is 10.4 Å². The fourth-order valence-electron chi connectivity index (χ4n) is 1.11. The van der Waals surface area contributed by atoms with Crippen molar-refractivity contribution in [2.24, 2.45) is 5.64 Å². The molecule has 1 radical (unpaired) electrons. The molecule has 1 aromatic rings. The van der Waals surface area contributed by atoms with Crippen LogP contribution in [0.25, 0.3) is 0 Å². The first-order chi connectivity index (χ1) is 6.92. The molecular formula is C11H15BNO2. The molecule has 1 rings (SSSR count). The molecule has 0 aliphatic rings. The summed E-state index contributed by atoms with van der Waals surface area (Å²) in [4.78, 5) is 11.7. The Bertz CT molecular complexity index is 358. The molecule has 0 aromatic heterocycles. The zero-order valence-corrected chi connectivity index (χ0v) is 9.28. The van der Waals surface area contributed by atoms with Gasteiger partial charge in [0.25, 0.3) is 0 Å². The Hall–Kier alpha value is -1.29. The highest BCUT2D eigenvalue weighted by Gasteiger charge is 2.17. The summed E-state index contributed by atoms with van der Waals surface area (Å²) in [7, 11) is 1.45. The smallest absolute Gasteiger partial charge is 0.338 e. The predicted molar refractivity (Wildman–Crippen MR) is 61.2 cm³/mol. The summed E-state index contributed by atoms with van der Waals surface area (Å²) < 4.78 is 5.23. The SMILES string of the molecule is CC(C)(C)OC(=O)c1cccc([B]N)c1. The monoisotopic (exact) mass is 204 g/mol. The molecule has 0 unspecified atom stereocenters. The topological polar surface area (TPSA) is 52.3 Å². The molecule has 0 aliphatic heterocycles. The number of esters is 1. The lowest BCUT2D eigenvalue weighted by Gasteiger charge is -2.19. The number of carbonyl (C=O) groups excluding carboxylic acids is 1. The normalized spacial score (nSPS) is 10.9. The van der Waals surface area contributed by atoms with E-state index in [0.717, 1.165) is 5.46 Å². The van der Waals surface area contributed by atoms with Gasteiger partial charge in [-0.15, -0.1) is 0 Å². The average Bonchev–Trinajstić information content (AvgIpc) is 2.15. The van der Waals surface area contributed by atoms with Crippen LogP contribution in [0.1, 0.15) is 31.1 Å². The summed E-state index contributed by atoms with van der Waals surface area (Å²) in [6, 6.07) is 7.01. The highest BCUT2D eigenvalue weighted by Crippen LogP contribution is 2.10. The Labute approximate surface area is 90.9 Å². The molecule has 0 bridgehead atoms. The summed E-state index contributed by atoms with van der Waals surface area (Å²) in [5.74, 6) is -0.328. The van der Waals surface area contributed by atoms with E-state index in [2.05, 4.69) is 0 Å². The van der Waals surface area contributed by atoms with Crippen LogP contribution in [0.4, 0.5) is 0 Å². The highest BCUT2D eigenvalue weighted by molar-refractivity contribution is 6.50. The van der Waals surface area contributed by atoms with Crippen LogP contribution in [0.5, 0.6) is 0 Å². The maximum Gasteiger partial charge on any atom is 0.338 e. The first-order valence-electron chi connectivity index (χ1n) is 4.81. The molecule has 0 amide bonds. The number of nitrogens with two attached hydrogens (primary N) is 1. The van der Waals surface area contributed by atoms with Crippen molar-refractivity contribution >= 4 is 18.8 Å². The van der Waals surface area contributed by atoms with E-state index < -0.39 is 5.60 Å². The number of carbonyl (C=O) groups is 1. The molecule has 4 heteroatoms. The van der Waals surface area contributed by atoms with Gasteiger partial charge >= 0.3 is 5.97 Å². The van der Waals surface area contributed by atoms with Gasteiger partial charge in [-0.1, -0.05) is 23.7 Å². The average molecular weight is 204 g/mol. The molecule has 0 atom stereocenters. The summed E-state index contributed by atoms with van der Waals surface area (Å²) in [6.07, 6.45) is 0. The van der Waals surface area contributed by atoms with Gasteiger partial charge in [-0.2, -0.15) is 0 Å². The van der Waals surface area contributed by atoms with E-state index in [4.69, 9.17) is 10.4 Å². The van der Waals surface area contributed by atoms with Gasteiger partial charge in [-0.05, 0) is 26.8 Å². The van der Waals surface area contributed by atoms with Crippen LogP contribution >= 0.6 is 0 Å². The van der Waals surface area contributed by atoms with Crippen LogP contribution in [-0.4, -0.2) is 19.0 Å². The summed E-state index contributed by atoms with van der Waals surface area (Å²) in [5.41, 5.74) is 6.22. The van der Waals surface area contributed by atoms with E-state index >= 15 is 0 Å². The minimum Gasteiger partial charge on any atom is -0.456 e. The van der Waals surface area contributed by atoms with Crippen LogP contribution in [-0.2, 0) is 4.74 Å². The molecule has 2 N–H and O–H groups in total. The Morgan fingerprint density at radius 2 is 2.07 bits per heavy atom. The quantitative estimate of drug-likeness (QED) is 0.573. The van der Waals surface area contributed by atoms with E-state index in [-0.39, 0.29) is 5.97 Å². The lowest BCUT2D eigenvalue weighted by molar-refractivity contribution is 0.00696.